The molecule has 1 fully saturated rings. The van der Waals surface area contributed by atoms with Crippen LogP contribution in [0.3, 0.4) is 0 Å². The summed E-state index contributed by atoms with van der Waals surface area (Å²) in [5, 5.41) is 2.83. The molecule has 4 rings (SSSR count). The van der Waals surface area contributed by atoms with Gasteiger partial charge in [0.05, 0.1) is 17.5 Å². The molecule has 0 saturated carbocycles. The molecular weight excluding hydrogens is 431 g/mol. The predicted octanol–water partition coefficient (Wildman–Crippen LogP) is 4.44. The number of hydrogen-bond acceptors (Lipinski definition) is 4. The van der Waals surface area contributed by atoms with E-state index in [0.29, 0.717) is 17.8 Å². The van der Waals surface area contributed by atoms with Crippen molar-refractivity contribution in [2.45, 2.75) is 44.2 Å². The number of rotatable bonds is 6. The lowest BCUT2D eigenvalue weighted by Gasteiger charge is -2.36. The molecule has 0 bridgehead atoms. The summed E-state index contributed by atoms with van der Waals surface area (Å²) in [6.45, 7) is 4.35. The lowest BCUT2D eigenvalue weighted by molar-refractivity contribution is -0.137. The fourth-order valence-corrected chi connectivity index (χ4v) is 4.48. The monoisotopic (exact) mass is 460 g/mol. The average Bonchev–Trinajstić information content (AvgIpc) is 3.34. The molecule has 0 unspecified atom stereocenters. The number of nitrogens with zero attached hydrogens (tertiary/aromatic N) is 2. The van der Waals surface area contributed by atoms with Gasteiger partial charge in [0.2, 0.25) is 5.91 Å². The molecule has 1 aliphatic rings. The number of likely N-dealkylation sites (tertiary alicyclic amines) is 1. The first kappa shape index (κ1) is 23.6. The fourth-order valence-electron chi connectivity index (χ4n) is 4.48. The summed E-state index contributed by atoms with van der Waals surface area (Å²) in [6.07, 6.45) is 4.90. The third-order valence-electron chi connectivity index (χ3n) is 6.57. The maximum absolute atomic E-state index is 13.5. The summed E-state index contributed by atoms with van der Waals surface area (Å²) >= 11 is 0. The smallest absolute Gasteiger partial charge is 0.255 e. The van der Waals surface area contributed by atoms with Gasteiger partial charge < -0.3 is 16.0 Å². The number of pyridine rings is 1. The van der Waals surface area contributed by atoms with Crippen molar-refractivity contribution in [3.8, 4) is 0 Å². The van der Waals surface area contributed by atoms with E-state index in [0.717, 1.165) is 24.0 Å². The Morgan fingerprint density at radius 1 is 1.06 bits per heavy atom. The van der Waals surface area contributed by atoms with Gasteiger partial charge in [0.25, 0.3) is 5.91 Å². The van der Waals surface area contributed by atoms with E-state index in [1.54, 1.807) is 48.8 Å². The van der Waals surface area contributed by atoms with Crippen LogP contribution in [0.2, 0.25) is 0 Å². The van der Waals surface area contributed by atoms with Gasteiger partial charge in [0.15, 0.2) is 0 Å². The third kappa shape index (κ3) is 4.84. The third-order valence-corrected chi connectivity index (χ3v) is 6.57. The minimum absolute atomic E-state index is 0.0228. The molecule has 1 saturated heterocycles. The highest BCUT2D eigenvalue weighted by molar-refractivity contribution is 6.04. The Morgan fingerprint density at radius 3 is 2.35 bits per heavy atom. The number of hydrogen-bond donors (Lipinski definition) is 2. The molecule has 0 aliphatic carbocycles. The Bertz CT molecular complexity index is 1150. The van der Waals surface area contributed by atoms with Gasteiger partial charge in [-0.05, 0) is 74.2 Å². The Hall–Kier alpha value is -3.58. The van der Waals surface area contributed by atoms with Crippen LogP contribution in [0, 0.1) is 5.82 Å². The highest BCUT2D eigenvalue weighted by Crippen LogP contribution is 2.34. The number of nitrogens with two attached hydrogens (primary N) is 1. The average molecular weight is 461 g/mol. The maximum atomic E-state index is 13.5. The van der Waals surface area contributed by atoms with Crippen molar-refractivity contribution in [2.75, 3.05) is 11.9 Å². The van der Waals surface area contributed by atoms with Crippen molar-refractivity contribution in [1.29, 1.82) is 0 Å². The standard InChI is InChI=1S/C27H29FN4O2/c1-27(2,20-9-11-21(28)12-10-20)26(34)32-17-3-4-23(32)24(29)18-5-7-19(8-6-18)25(33)31-22-13-15-30-16-14-22/h5-16,23-24H,3-4,17,29H2,1-2H3,(H,30,31,33)/t23-,24+/m1/s1. The number of carbonyl (C=O) groups excluding carboxylic acids is 2. The zero-order valence-electron chi connectivity index (χ0n) is 19.4. The SMILES string of the molecule is CC(C)(C(=O)N1CCC[C@@H]1[C@@H](N)c1ccc(C(=O)Nc2ccncc2)cc1)c1ccc(F)cc1. The topological polar surface area (TPSA) is 88.3 Å². The van der Waals surface area contributed by atoms with Crippen LogP contribution in [0.15, 0.2) is 73.1 Å². The first-order valence-corrected chi connectivity index (χ1v) is 11.4. The van der Waals surface area contributed by atoms with Crippen LogP contribution in [0.1, 0.15) is 54.2 Å². The molecule has 6 nitrogen and oxygen atoms in total. The summed E-state index contributed by atoms with van der Waals surface area (Å²) in [6, 6.07) is 16.2. The van der Waals surface area contributed by atoms with Gasteiger partial charge in [0.1, 0.15) is 5.82 Å². The number of halogens is 1. The van der Waals surface area contributed by atoms with Crippen molar-refractivity contribution in [3.05, 3.63) is 95.6 Å². The van der Waals surface area contributed by atoms with E-state index in [1.165, 1.54) is 12.1 Å². The van der Waals surface area contributed by atoms with Crippen LogP contribution in [-0.4, -0.2) is 34.3 Å². The second-order valence-corrected chi connectivity index (χ2v) is 9.18. The molecule has 2 atom stereocenters. The van der Waals surface area contributed by atoms with Crippen molar-refractivity contribution >= 4 is 17.5 Å². The van der Waals surface area contributed by atoms with Crippen LogP contribution in [0.5, 0.6) is 0 Å². The maximum Gasteiger partial charge on any atom is 0.255 e. The van der Waals surface area contributed by atoms with E-state index in [2.05, 4.69) is 10.3 Å². The van der Waals surface area contributed by atoms with Crippen molar-refractivity contribution in [2.24, 2.45) is 5.73 Å². The number of carbonyl (C=O) groups is 2. The largest absolute Gasteiger partial charge is 0.337 e. The molecule has 7 heteroatoms. The number of nitrogens with one attached hydrogen (secondary N) is 1. The summed E-state index contributed by atoms with van der Waals surface area (Å²) in [5.74, 6) is -0.568. The minimum Gasteiger partial charge on any atom is -0.337 e. The molecule has 3 N–H and O–H groups in total. The molecule has 2 aromatic carbocycles. The van der Waals surface area contributed by atoms with E-state index in [-0.39, 0.29) is 29.7 Å². The van der Waals surface area contributed by atoms with Crippen molar-refractivity contribution in [3.63, 3.8) is 0 Å². The Morgan fingerprint density at radius 2 is 1.71 bits per heavy atom. The van der Waals surface area contributed by atoms with Crippen LogP contribution < -0.4 is 11.1 Å². The second kappa shape index (κ2) is 9.73. The molecule has 1 aromatic heterocycles. The van der Waals surface area contributed by atoms with Crippen LogP contribution in [0.4, 0.5) is 10.1 Å². The van der Waals surface area contributed by atoms with Gasteiger partial charge >= 0.3 is 0 Å². The van der Waals surface area contributed by atoms with Gasteiger partial charge in [-0.25, -0.2) is 4.39 Å². The molecule has 176 valence electrons. The van der Waals surface area contributed by atoms with Crippen LogP contribution in [0.25, 0.3) is 0 Å². The first-order chi connectivity index (χ1) is 16.3. The molecule has 2 heterocycles. The van der Waals surface area contributed by atoms with E-state index in [1.807, 2.05) is 30.9 Å². The summed E-state index contributed by atoms with van der Waals surface area (Å²) < 4.78 is 13.4. The molecule has 3 aromatic rings. The van der Waals surface area contributed by atoms with Gasteiger partial charge in [-0.15, -0.1) is 0 Å². The summed E-state index contributed by atoms with van der Waals surface area (Å²) in [7, 11) is 0. The number of aromatic nitrogens is 1. The van der Waals surface area contributed by atoms with Gasteiger partial charge in [-0.1, -0.05) is 24.3 Å². The number of anilines is 1. The lowest BCUT2D eigenvalue weighted by atomic mass is 9.82. The van der Waals surface area contributed by atoms with E-state index in [9.17, 15) is 14.0 Å². The zero-order chi connectivity index (χ0) is 24.3. The summed E-state index contributed by atoms with van der Waals surface area (Å²) in [5.41, 5.74) is 8.65. The van der Waals surface area contributed by atoms with E-state index in [4.69, 9.17) is 5.73 Å². The molecule has 0 spiro atoms. The first-order valence-electron chi connectivity index (χ1n) is 11.4. The Labute approximate surface area is 199 Å². The fraction of sp³-hybridized carbons (Fsp3) is 0.296. The second-order valence-electron chi connectivity index (χ2n) is 9.18. The molecule has 1 aliphatic heterocycles. The van der Waals surface area contributed by atoms with Gasteiger partial charge in [-0.3, -0.25) is 14.6 Å². The number of amides is 2. The predicted molar refractivity (Wildman–Crippen MR) is 130 cm³/mol. The lowest BCUT2D eigenvalue weighted by Crippen LogP contribution is -2.49. The normalized spacial score (nSPS) is 16.8. The molecular formula is C27H29FN4O2. The van der Waals surface area contributed by atoms with Crippen LogP contribution in [-0.2, 0) is 10.2 Å². The highest BCUT2D eigenvalue weighted by atomic mass is 19.1. The number of benzene rings is 2. The Balaban J connectivity index is 1.47. The van der Waals surface area contributed by atoms with Gasteiger partial charge in [0, 0.05) is 30.2 Å². The Kier molecular flexibility index (Phi) is 6.75. The summed E-state index contributed by atoms with van der Waals surface area (Å²) in [4.78, 5) is 31.9. The molecule has 34 heavy (non-hydrogen) atoms. The van der Waals surface area contributed by atoms with E-state index >= 15 is 0 Å². The molecule has 0 radical (unpaired) electrons. The molecule has 2 amide bonds. The highest BCUT2D eigenvalue weighted by Gasteiger charge is 2.41. The quantitative estimate of drug-likeness (QED) is 0.569. The van der Waals surface area contributed by atoms with Crippen LogP contribution >= 0.6 is 0 Å². The van der Waals surface area contributed by atoms with E-state index < -0.39 is 5.41 Å². The minimum atomic E-state index is -0.801. The van der Waals surface area contributed by atoms with Crippen molar-refractivity contribution in [1.82, 2.24) is 9.88 Å². The van der Waals surface area contributed by atoms with Gasteiger partial charge in [-0.2, -0.15) is 0 Å². The zero-order valence-corrected chi connectivity index (χ0v) is 19.4. The van der Waals surface area contributed by atoms with Crippen molar-refractivity contribution < 1.29 is 14.0 Å².